The molecule has 1 aliphatic heterocycles. The van der Waals surface area contributed by atoms with E-state index in [0.29, 0.717) is 19.0 Å². The molecule has 0 spiro atoms. The maximum absolute atomic E-state index is 10.8. The third-order valence-electron chi connectivity index (χ3n) is 6.03. The Morgan fingerprint density at radius 3 is 2.57 bits per heavy atom. The first kappa shape index (κ1) is 17.2. The lowest BCUT2D eigenvalue weighted by Gasteiger charge is -2.35. The van der Waals surface area contributed by atoms with E-state index in [4.69, 9.17) is 4.74 Å². The van der Waals surface area contributed by atoms with Crippen molar-refractivity contribution in [3.05, 3.63) is 0 Å². The molecular weight excluding hydrogens is 314 g/mol. The Morgan fingerprint density at radius 2 is 1.87 bits per heavy atom. The molecule has 5 nitrogen and oxygen atoms in total. The number of hydrogen-bond acceptors (Lipinski definition) is 4. The number of nitrogens with zero attached hydrogens (tertiary/aromatic N) is 1. The smallest absolute Gasteiger partial charge is 0.333 e. The lowest BCUT2D eigenvalue weighted by molar-refractivity contribution is -0.564. The Bertz CT molecular complexity index is 551. The normalized spacial score (nSPS) is 32.7. The second-order valence-electron chi connectivity index (χ2n) is 7.52. The molecule has 6 heteroatoms. The molecule has 23 heavy (non-hydrogen) atoms. The van der Waals surface area contributed by atoms with Crippen LogP contribution in [0.1, 0.15) is 64.7 Å². The van der Waals surface area contributed by atoms with Crippen molar-refractivity contribution in [2.24, 2.45) is 11.8 Å². The van der Waals surface area contributed by atoms with E-state index in [0.717, 1.165) is 30.6 Å². The van der Waals surface area contributed by atoms with Crippen LogP contribution < -0.4 is 0 Å². The zero-order valence-corrected chi connectivity index (χ0v) is 14.9. The summed E-state index contributed by atoms with van der Waals surface area (Å²) in [5, 5.41) is 0. The maximum atomic E-state index is 10.8. The minimum atomic E-state index is -4.12. The number of hydrogen-bond donors (Lipinski definition) is 0. The Hall–Kier alpha value is -0.620. The molecule has 2 saturated carbocycles. The molecule has 3 rings (SSSR count). The minimum absolute atomic E-state index is 0.263. The minimum Gasteiger partial charge on any atom is -0.748 e. The SMILES string of the molecule is CC1=[N+](CCCS(=O)(=O)[O-])C2CC(C3CCCCC3)CCC2O1. The van der Waals surface area contributed by atoms with Crippen LogP contribution in [0.25, 0.3) is 0 Å². The van der Waals surface area contributed by atoms with Crippen LogP contribution in [-0.2, 0) is 14.9 Å². The van der Waals surface area contributed by atoms with E-state index < -0.39 is 10.1 Å². The summed E-state index contributed by atoms with van der Waals surface area (Å²) in [5.41, 5.74) is 0. The average molecular weight is 343 g/mol. The van der Waals surface area contributed by atoms with Crippen LogP contribution in [0.2, 0.25) is 0 Å². The molecule has 1 heterocycles. The van der Waals surface area contributed by atoms with Gasteiger partial charge in [-0.2, -0.15) is 4.58 Å². The van der Waals surface area contributed by atoms with Crippen LogP contribution in [0, 0.1) is 11.8 Å². The van der Waals surface area contributed by atoms with Gasteiger partial charge in [0, 0.05) is 18.6 Å². The lowest BCUT2D eigenvalue weighted by Crippen LogP contribution is -2.40. The zero-order chi connectivity index (χ0) is 16.4. The molecule has 132 valence electrons. The van der Waals surface area contributed by atoms with Gasteiger partial charge in [-0.15, -0.1) is 0 Å². The van der Waals surface area contributed by atoms with Crippen molar-refractivity contribution < 1.29 is 22.3 Å². The summed E-state index contributed by atoms with van der Waals surface area (Å²) < 4.78 is 40.7. The molecule has 3 aliphatic rings. The van der Waals surface area contributed by atoms with Crippen LogP contribution in [-0.4, -0.2) is 47.9 Å². The first-order chi connectivity index (χ1) is 10.9. The van der Waals surface area contributed by atoms with Gasteiger partial charge >= 0.3 is 5.90 Å². The Kier molecular flexibility index (Phi) is 5.31. The van der Waals surface area contributed by atoms with E-state index in [2.05, 4.69) is 4.58 Å². The quantitative estimate of drug-likeness (QED) is 0.568. The molecule has 0 aromatic carbocycles. The fraction of sp³-hybridized carbons (Fsp3) is 0.941. The summed E-state index contributed by atoms with van der Waals surface area (Å²) in [5.74, 6) is 2.29. The van der Waals surface area contributed by atoms with Gasteiger partial charge in [0.2, 0.25) is 0 Å². The molecule has 0 amide bonds. The van der Waals surface area contributed by atoms with Crippen molar-refractivity contribution in [1.82, 2.24) is 0 Å². The van der Waals surface area contributed by atoms with Crippen molar-refractivity contribution in [3.8, 4) is 0 Å². The van der Waals surface area contributed by atoms with Crippen molar-refractivity contribution >= 4 is 16.0 Å². The van der Waals surface area contributed by atoms with Gasteiger partial charge in [0.05, 0.1) is 17.0 Å². The molecule has 0 radical (unpaired) electrons. The third-order valence-corrected chi connectivity index (χ3v) is 6.82. The van der Waals surface area contributed by atoms with Gasteiger partial charge in [-0.05, 0) is 24.7 Å². The zero-order valence-electron chi connectivity index (χ0n) is 14.1. The molecule has 0 N–H and O–H groups in total. The van der Waals surface area contributed by atoms with E-state index in [9.17, 15) is 13.0 Å². The Morgan fingerprint density at radius 1 is 1.13 bits per heavy atom. The molecule has 0 saturated heterocycles. The molecular formula is C17H29NO4S. The van der Waals surface area contributed by atoms with Crippen LogP contribution in [0.5, 0.6) is 0 Å². The lowest BCUT2D eigenvalue weighted by atomic mass is 9.71. The highest BCUT2D eigenvalue weighted by Gasteiger charge is 2.47. The standard InChI is InChI=1S/C17H29NO4S/c1-13-18(10-5-11-23(19,20)21)16-12-15(8-9-17(16)22-13)14-6-3-2-4-7-14/h14-17H,2-12H2,1H3. The first-order valence-electron chi connectivity index (χ1n) is 9.14. The van der Waals surface area contributed by atoms with E-state index in [1.165, 1.54) is 38.5 Å². The van der Waals surface area contributed by atoms with Crippen molar-refractivity contribution in [1.29, 1.82) is 0 Å². The summed E-state index contributed by atoms with van der Waals surface area (Å²) in [7, 11) is -4.12. The van der Waals surface area contributed by atoms with Gasteiger partial charge in [0.15, 0.2) is 12.1 Å². The van der Waals surface area contributed by atoms with Gasteiger partial charge < -0.3 is 9.29 Å². The van der Waals surface area contributed by atoms with Crippen LogP contribution in [0.15, 0.2) is 0 Å². The topological polar surface area (TPSA) is 69.4 Å². The van der Waals surface area contributed by atoms with E-state index in [-0.39, 0.29) is 11.9 Å². The summed E-state index contributed by atoms with van der Waals surface area (Å²) in [6, 6.07) is 0.380. The highest BCUT2D eigenvalue weighted by atomic mass is 32.2. The van der Waals surface area contributed by atoms with E-state index in [1.54, 1.807) is 0 Å². The predicted molar refractivity (Wildman–Crippen MR) is 87.6 cm³/mol. The number of ether oxygens (including phenoxy) is 1. The number of rotatable bonds is 5. The molecule has 0 aromatic heterocycles. The monoisotopic (exact) mass is 343 g/mol. The van der Waals surface area contributed by atoms with Crippen molar-refractivity contribution in [3.63, 3.8) is 0 Å². The number of fused-ring (bicyclic) bond motifs is 1. The van der Waals surface area contributed by atoms with Gasteiger partial charge in [-0.3, -0.25) is 0 Å². The first-order valence-corrected chi connectivity index (χ1v) is 10.7. The van der Waals surface area contributed by atoms with Crippen molar-refractivity contribution in [2.75, 3.05) is 12.3 Å². The summed E-state index contributed by atoms with van der Waals surface area (Å²) in [4.78, 5) is 0. The highest BCUT2D eigenvalue weighted by Crippen LogP contribution is 2.41. The third kappa shape index (κ3) is 4.27. The largest absolute Gasteiger partial charge is 0.748 e. The Balaban J connectivity index is 1.60. The molecule has 0 bridgehead atoms. The van der Waals surface area contributed by atoms with E-state index >= 15 is 0 Å². The van der Waals surface area contributed by atoms with Gasteiger partial charge in [-0.25, -0.2) is 8.42 Å². The summed E-state index contributed by atoms with van der Waals surface area (Å²) in [6.07, 6.45) is 11.1. The van der Waals surface area contributed by atoms with Gasteiger partial charge in [0.1, 0.15) is 6.54 Å². The molecule has 3 atom stereocenters. The maximum Gasteiger partial charge on any atom is 0.333 e. The predicted octanol–water partition coefficient (Wildman–Crippen LogP) is 2.50. The second kappa shape index (κ2) is 7.09. The highest BCUT2D eigenvalue weighted by molar-refractivity contribution is 7.85. The fourth-order valence-electron chi connectivity index (χ4n) is 4.90. The van der Waals surface area contributed by atoms with Crippen LogP contribution in [0.3, 0.4) is 0 Å². The fourth-order valence-corrected chi connectivity index (χ4v) is 5.39. The summed E-state index contributed by atoms with van der Waals surface area (Å²) in [6.45, 7) is 2.59. The molecule has 3 unspecified atom stereocenters. The molecule has 2 fully saturated rings. The van der Waals surface area contributed by atoms with Crippen LogP contribution >= 0.6 is 0 Å². The van der Waals surface area contributed by atoms with Crippen molar-refractivity contribution in [2.45, 2.75) is 76.9 Å². The van der Waals surface area contributed by atoms with Gasteiger partial charge in [0.25, 0.3) is 0 Å². The second-order valence-corrected chi connectivity index (χ2v) is 9.05. The van der Waals surface area contributed by atoms with Gasteiger partial charge in [-0.1, -0.05) is 32.1 Å². The molecule has 0 aromatic rings. The van der Waals surface area contributed by atoms with Crippen LogP contribution in [0.4, 0.5) is 0 Å². The summed E-state index contributed by atoms with van der Waals surface area (Å²) >= 11 is 0. The molecule has 2 aliphatic carbocycles. The Labute approximate surface area is 139 Å². The average Bonchev–Trinajstić information content (AvgIpc) is 2.82. The van der Waals surface area contributed by atoms with E-state index in [1.807, 2.05) is 6.92 Å².